The number of allylic oxidation sites excluding steroid dienone is 1. The molecule has 0 radical (unpaired) electrons. The quantitative estimate of drug-likeness (QED) is 0.491. The monoisotopic (exact) mass is 158 g/mol. The fourth-order valence-corrected chi connectivity index (χ4v) is 2.85. The first-order valence-electron chi connectivity index (χ1n) is 3.74. The van der Waals surface area contributed by atoms with Gasteiger partial charge in [0.2, 0.25) is 0 Å². The molecule has 1 fully saturated rings. The molecule has 0 amide bonds. The molecule has 58 valence electrons. The van der Waals surface area contributed by atoms with Crippen LogP contribution in [-0.2, 0) is 10.8 Å². The van der Waals surface area contributed by atoms with Crippen molar-refractivity contribution in [2.45, 2.75) is 20.3 Å². The van der Waals surface area contributed by atoms with Gasteiger partial charge in [-0.25, -0.2) is 0 Å². The Bertz CT molecular complexity index is 172. The molecule has 2 heteroatoms. The summed E-state index contributed by atoms with van der Waals surface area (Å²) in [5.74, 6) is 2.39. The van der Waals surface area contributed by atoms with Crippen LogP contribution >= 0.6 is 0 Å². The van der Waals surface area contributed by atoms with Crippen molar-refractivity contribution in [3.05, 3.63) is 11.6 Å². The van der Waals surface area contributed by atoms with Crippen molar-refractivity contribution in [1.82, 2.24) is 0 Å². The van der Waals surface area contributed by atoms with E-state index in [9.17, 15) is 4.21 Å². The Balaban J connectivity index is 2.63. The second-order valence-electron chi connectivity index (χ2n) is 2.84. The first-order valence-corrected chi connectivity index (χ1v) is 5.23. The van der Waals surface area contributed by atoms with Gasteiger partial charge in [-0.1, -0.05) is 18.6 Å². The van der Waals surface area contributed by atoms with Crippen molar-refractivity contribution >= 4 is 10.8 Å². The second-order valence-corrected chi connectivity index (χ2v) is 4.42. The smallest absolute Gasteiger partial charge is 0.0447 e. The standard InChI is InChI=1S/C8H14OS/c1-3-8-6-10(9)5-4-7(8)2/h3,7H,4-6H2,1-2H3/b8-3+. The Hall–Kier alpha value is -0.110. The van der Waals surface area contributed by atoms with Gasteiger partial charge in [-0.3, -0.25) is 4.21 Å². The van der Waals surface area contributed by atoms with E-state index in [2.05, 4.69) is 13.0 Å². The Morgan fingerprint density at radius 1 is 1.70 bits per heavy atom. The summed E-state index contributed by atoms with van der Waals surface area (Å²) in [6.07, 6.45) is 3.22. The second kappa shape index (κ2) is 3.33. The number of hydrogen-bond acceptors (Lipinski definition) is 1. The molecular weight excluding hydrogens is 144 g/mol. The first-order chi connectivity index (χ1) is 4.74. The van der Waals surface area contributed by atoms with E-state index in [1.807, 2.05) is 6.92 Å². The van der Waals surface area contributed by atoms with Gasteiger partial charge in [0, 0.05) is 22.3 Å². The highest BCUT2D eigenvalue weighted by Crippen LogP contribution is 2.21. The third-order valence-electron chi connectivity index (χ3n) is 2.11. The Kier molecular flexibility index (Phi) is 2.66. The molecule has 0 aromatic rings. The average Bonchev–Trinajstić information content (AvgIpc) is 1.94. The van der Waals surface area contributed by atoms with E-state index in [0.29, 0.717) is 5.92 Å². The van der Waals surface area contributed by atoms with Crippen LogP contribution < -0.4 is 0 Å². The summed E-state index contributed by atoms with van der Waals surface area (Å²) in [5.41, 5.74) is 1.38. The van der Waals surface area contributed by atoms with Gasteiger partial charge < -0.3 is 0 Å². The molecule has 10 heavy (non-hydrogen) atoms. The molecule has 0 bridgehead atoms. The van der Waals surface area contributed by atoms with E-state index >= 15 is 0 Å². The highest BCUT2D eigenvalue weighted by atomic mass is 32.2. The van der Waals surface area contributed by atoms with E-state index < -0.39 is 10.8 Å². The predicted octanol–water partition coefficient (Wildman–Crippen LogP) is 1.72. The zero-order valence-electron chi connectivity index (χ0n) is 6.59. The van der Waals surface area contributed by atoms with E-state index in [1.54, 1.807) is 0 Å². The normalized spacial score (nSPS) is 38.4. The molecule has 0 spiro atoms. The summed E-state index contributed by atoms with van der Waals surface area (Å²) in [6, 6.07) is 0. The molecule has 1 rings (SSSR count). The van der Waals surface area contributed by atoms with Crippen LogP contribution in [0.2, 0.25) is 0 Å². The highest BCUT2D eigenvalue weighted by molar-refractivity contribution is 7.85. The third kappa shape index (κ3) is 1.69. The van der Waals surface area contributed by atoms with E-state index in [1.165, 1.54) is 5.57 Å². The molecule has 0 aliphatic carbocycles. The fraction of sp³-hybridized carbons (Fsp3) is 0.750. The van der Waals surface area contributed by atoms with Crippen molar-refractivity contribution in [1.29, 1.82) is 0 Å². The SMILES string of the molecule is C/C=C1\CS(=O)CCC1C. The Labute approximate surface area is 65.0 Å². The molecule has 0 N–H and O–H groups in total. The maximum Gasteiger partial charge on any atom is 0.0447 e. The molecule has 2 atom stereocenters. The maximum absolute atomic E-state index is 11.0. The lowest BCUT2D eigenvalue weighted by Gasteiger charge is -2.20. The molecule has 0 aromatic heterocycles. The zero-order chi connectivity index (χ0) is 7.56. The Morgan fingerprint density at radius 3 is 2.90 bits per heavy atom. The van der Waals surface area contributed by atoms with Crippen LogP contribution in [-0.4, -0.2) is 15.7 Å². The van der Waals surface area contributed by atoms with Crippen LogP contribution in [0.4, 0.5) is 0 Å². The molecule has 1 heterocycles. The number of rotatable bonds is 0. The molecular formula is C8H14OS. The van der Waals surface area contributed by atoms with Gasteiger partial charge in [-0.2, -0.15) is 0 Å². The van der Waals surface area contributed by atoms with Gasteiger partial charge in [-0.05, 0) is 19.3 Å². The molecule has 0 aromatic carbocycles. The number of hydrogen-bond donors (Lipinski definition) is 0. The van der Waals surface area contributed by atoms with Crippen LogP contribution in [0.3, 0.4) is 0 Å². The maximum atomic E-state index is 11.0. The summed E-state index contributed by atoms with van der Waals surface area (Å²) in [6.45, 7) is 4.25. The molecule has 1 nitrogen and oxygen atoms in total. The molecule has 1 saturated heterocycles. The van der Waals surface area contributed by atoms with Crippen molar-refractivity contribution in [2.75, 3.05) is 11.5 Å². The van der Waals surface area contributed by atoms with Gasteiger partial charge in [0.15, 0.2) is 0 Å². The minimum absolute atomic E-state index is 0.559. The fourth-order valence-electron chi connectivity index (χ4n) is 1.26. The third-order valence-corrected chi connectivity index (χ3v) is 3.46. The highest BCUT2D eigenvalue weighted by Gasteiger charge is 2.17. The van der Waals surface area contributed by atoms with Crippen molar-refractivity contribution in [3.8, 4) is 0 Å². The molecule has 0 saturated carbocycles. The Morgan fingerprint density at radius 2 is 2.40 bits per heavy atom. The lowest BCUT2D eigenvalue weighted by atomic mass is 9.99. The summed E-state index contributed by atoms with van der Waals surface area (Å²) < 4.78 is 11.0. The minimum Gasteiger partial charge on any atom is -0.259 e. The van der Waals surface area contributed by atoms with Gasteiger partial charge >= 0.3 is 0 Å². The summed E-state index contributed by atoms with van der Waals surface area (Å²) in [5, 5.41) is 0. The summed E-state index contributed by atoms with van der Waals surface area (Å²) in [4.78, 5) is 0. The summed E-state index contributed by atoms with van der Waals surface area (Å²) in [7, 11) is -0.559. The van der Waals surface area contributed by atoms with Crippen LogP contribution in [0.1, 0.15) is 20.3 Å². The molecule has 1 aliphatic rings. The predicted molar refractivity (Wildman–Crippen MR) is 45.4 cm³/mol. The van der Waals surface area contributed by atoms with E-state index in [4.69, 9.17) is 0 Å². The van der Waals surface area contributed by atoms with Gasteiger partial charge in [0.05, 0.1) is 0 Å². The minimum atomic E-state index is -0.559. The van der Waals surface area contributed by atoms with Crippen molar-refractivity contribution < 1.29 is 4.21 Å². The van der Waals surface area contributed by atoms with Crippen LogP contribution in [0.25, 0.3) is 0 Å². The topological polar surface area (TPSA) is 17.1 Å². The van der Waals surface area contributed by atoms with Crippen LogP contribution in [0.15, 0.2) is 11.6 Å². The van der Waals surface area contributed by atoms with Crippen molar-refractivity contribution in [2.24, 2.45) is 5.92 Å². The van der Waals surface area contributed by atoms with Crippen molar-refractivity contribution in [3.63, 3.8) is 0 Å². The zero-order valence-corrected chi connectivity index (χ0v) is 7.41. The first kappa shape index (κ1) is 7.99. The van der Waals surface area contributed by atoms with Gasteiger partial charge in [-0.15, -0.1) is 0 Å². The lowest BCUT2D eigenvalue weighted by molar-refractivity contribution is 0.620. The molecule has 1 aliphatic heterocycles. The largest absolute Gasteiger partial charge is 0.259 e. The molecule has 2 unspecified atom stereocenters. The van der Waals surface area contributed by atoms with Crippen LogP contribution in [0, 0.1) is 5.92 Å². The van der Waals surface area contributed by atoms with Gasteiger partial charge in [0.1, 0.15) is 0 Å². The van der Waals surface area contributed by atoms with Gasteiger partial charge in [0.25, 0.3) is 0 Å². The lowest BCUT2D eigenvalue weighted by Crippen LogP contribution is -2.19. The van der Waals surface area contributed by atoms with E-state index in [0.717, 1.165) is 17.9 Å². The average molecular weight is 158 g/mol. The van der Waals surface area contributed by atoms with E-state index in [-0.39, 0.29) is 0 Å². The van der Waals surface area contributed by atoms with Crippen LogP contribution in [0.5, 0.6) is 0 Å². The summed E-state index contributed by atoms with van der Waals surface area (Å²) >= 11 is 0.